The van der Waals surface area contributed by atoms with Crippen LogP contribution in [0.15, 0.2) is 30.3 Å². The summed E-state index contributed by atoms with van der Waals surface area (Å²) in [4.78, 5) is 2.30. The second-order valence-corrected chi connectivity index (χ2v) is 3.73. The summed E-state index contributed by atoms with van der Waals surface area (Å²) in [6, 6.07) is 10.4. The fraction of sp³-hybridized carbons (Fsp3) is 0.400. The van der Waals surface area contributed by atoms with Gasteiger partial charge in [-0.2, -0.15) is 0 Å². The van der Waals surface area contributed by atoms with Crippen molar-refractivity contribution in [2.45, 2.75) is 5.50 Å². The van der Waals surface area contributed by atoms with Crippen LogP contribution in [-0.2, 0) is 0 Å². The number of benzene rings is 1. The normalized spacial score (nSPS) is 21.5. The number of para-hydroxylation sites is 1. The van der Waals surface area contributed by atoms with Gasteiger partial charge in [-0.1, -0.05) is 18.2 Å². The van der Waals surface area contributed by atoms with Crippen LogP contribution in [0.3, 0.4) is 0 Å². The van der Waals surface area contributed by atoms with E-state index in [1.807, 2.05) is 6.07 Å². The van der Waals surface area contributed by atoms with Gasteiger partial charge in [0.25, 0.3) is 0 Å². The van der Waals surface area contributed by atoms with E-state index >= 15 is 0 Å². The van der Waals surface area contributed by atoms with E-state index in [-0.39, 0.29) is 17.9 Å². The zero-order valence-electron chi connectivity index (χ0n) is 7.82. The van der Waals surface area contributed by atoms with Gasteiger partial charge in [-0.25, -0.2) is 0 Å². The first kappa shape index (κ1) is 11.6. The Labute approximate surface area is 95.7 Å². The zero-order chi connectivity index (χ0) is 9.10. The molecule has 0 spiro atoms. The van der Waals surface area contributed by atoms with E-state index in [0.717, 1.165) is 19.6 Å². The quantitative estimate of drug-likeness (QED) is 0.590. The maximum Gasteiger partial charge on any atom is 0.100 e. The molecule has 0 bridgehead atoms. The maximum atomic E-state index is 6.01. The summed E-state index contributed by atoms with van der Waals surface area (Å²) < 4.78 is 0. The summed E-state index contributed by atoms with van der Waals surface area (Å²) in [6.07, 6.45) is 0. The maximum absolute atomic E-state index is 6.01. The van der Waals surface area contributed by atoms with Gasteiger partial charge in [-0.3, -0.25) is 5.32 Å². The zero-order valence-corrected chi connectivity index (χ0v) is 9.39. The number of rotatable bonds is 1. The molecule has 0 saturated carbocycles. The number of hydrogen-bond donors (Lipinski definition) is 1. The van der Waals surface area contributed by atoms with Crippen molar-refractivity contribution in [3.05, 3.63) is 30.3 Å². The molecule has 1 saturated heterocycles. The van der Waals surface area contributed by atoms with E-state index in [9.17, 15) is 0 Å². The van der Waals surface area contributed by atoms with Gasteiger partial charge in [0.2, 0.25) is 0 Å². The first-order valence-corrected chi connectivity index (χ1v) is 4.97. The van der Waals surface area contributed by atoms with Gasteiger partial charge in [-0.15, -0.1) is 24.0 Å². The molecular weight excluding hydrogens is 219 g/mol. The van der Waals surface area contributed by atoms with Gasteiger partial charge in [0.15, 0.2) is 0 Å². The standard InChI is InChI=1S/C10H13ClN2.ClH/c11-10-8-13(7-6-12-10)9-4-2-1-3-5-9;/h1-5,10,12H,6-8H2;1H. The first-order chi connectivity index (χ1) is 6.36. The third-order valence-corrected chi connectivity index (χ3v) is 2.54. The van der Waals surface area contributed by atoms with Crippen molar-refractivity contribution in [2.75, 3.05) is 24.5 Å². The molecule has 2 nitrogen and oxygen atoms in total. The summed E-state index contributed by atoms with van der Waals surface area (Å²) in [5.41, 5.74) is 1.34. The molecule has 2 rings (SSSR count). The molecular formula is C10H14Cl2N2. The molecule has 1 fully saturated rings. The van der Waals surface area contributed by atoms with E-state index < -0.39 is 0 Å². The number of halogens is 2. The van der Waals surface area contributed by atoms with Gasteiger partial charge >= 0.3 is 0 Å². The summed E-state index contributed by atoms with van der Waals surface area (Å²) in [5, 5.41) is 3.21. The molecule has 0 aromatic heterocycles. The van der Waals surface area contributed by atoms with Crippen LogP contribution in [0.25, 0.3) is 0 Å². The Bertz CT molecular complexity index is 266. The Kier molecular flexibility index (Phi) is 4.52. The van der Waals surface area contributed by atoms with Crippen molar-refractivity contribution >= 4 is 29.7 Å². The molecule has 0 amide bonds. The molecule has 0 aliphatic carbocycles. The molecule has 1 aromatic rings. The van der Waals surface area contributed by atoms with Gasteiger partial charge < -0.3 is 4.90 Å². The predicted molar refractivity (Wildman–Crippen MR) is 63.5 cm³/mol. The molecule has 0 radical (unpaired) electrons. The van der Waals surface area contributed by atoms with Crippen LogP contribution < -0.4 is 10.2 Å². The highest BCUT2D eigenvalue weighted by Crippen LogP contribution is 2.15. The Morgan fingerprint density at radius 2 is 2.00 bits per heavy atom. The molecule has 78 valence electrons. The topological polar surface area (TPSA) is 15.3 Å². The van der Waals surface area contributed by atoms with Crippen molar-refractivity contribution in [2.24, 2.45) is 0 Å². The summed E-state index contributed by atoms with van der Waals surface area (Å²) >= 11 is 6.01. The number of hydrogen-bond acceptors (Lipinski definition) is 2. The van der Waals surface area contributed by atoms with Crippen molar-refractivity contribution in [1.82, 2.24) is 5.32 Å². The van der Waals surface area contributed by atoms with E-state index in [2.05, 4.69) is 34.5 Å². The molecule has 14 heavy (non-hydrogen) atoms. The molecule has 1 N–H and O–H groups in total. The molecule has 1 heterocycles. The van der Waals surface area contributed by atoms with Crippen LogP contribution in [0.4, 0.5) is 5.69 Å². The Morgan fingerprint density at radius 1 is 1.29 bits per heavy atom. The fourth-order valence-electron chi connectivity index (χ4n) is 1.58. The number of nitrogens with zero attached hydrogens (tertiary/aromatic N) is 1. The Morgan fingerprint density at radius 3 is 2.64 bits per heavy atom. The predicted octanol–water partition coefficient (Wildman–Crippen LogP) is 2.08. The van der Waals surface area contributed by atoms with Gasteiger partial charge in [-0.05, 0) is 12.1 Å². The lowest BCUT2D eigenvalue weighted by Gasteiger charge is -2.32. The van der Waals surface area contributed by atoms with E-state index in [0.29, 0.717) is 0 Å². The number of piperazine rings is 1. The monoisotopic (exact) mass is 232 g/mol. The van der Waals surface area contributed by atoms with Crippen LogP contribution in [0.1, 0.15) is 0 Å². The second-order valence-electron chi connectivity index (χ2n) is 3.20. The van der Waals surface area contributed by atoms with Crippen LogP contribution >= 0.6 is 24.0 Å². The average Bonchev–Trinajstić information content (AvgIpc) is 2.19. The average molecular weight is 233 g/mol. The number of anilines is 1. The number of nitrogens with one attached hydrogen (secondary N) is 1. The molecule has 1 aliphatic rings. The largest absolute Gasteiger partial charge is 0.367 e. The summed E-state index contributed by atoms with van der Waals surface area (Å²) in [5.74, 6) is 0. The number of alkyl halides is 1. The summed E-state index contributed by atoms with van der Waals surface area (Å²) in [6.45, 7) is 2.88. The third kappa shape index (κ3) is 2.77. The Hall–Kier alpha value is -0.440. The van der Waals surface area contributed by atoms with Crippen LogP contribution in [0, 0.1) is 0 Å². The van der Waals surface area contributed by atoms with Crippen molar-refractivity contribution in [3.8, 4) is 0 Å². The van der Waals surface area contributed by atoms with Gasteiger partial charge in [0, 0.05) is 25.3 Å². The minimum Gasteiger partial charge on any atom is -0.367 e. The highest BCUT2D eigenvalue weighted by Gasteiger charge is 2.16. The lowest BCUT2D eigenvalue weighted by atomic mass is 10.2. The minimum absolute atomic E-state index is 0. The van der Waals surface area contributed by atoms with Crippen molar-refractivity contribution in [1.29, 1.82) is 0 Å². The van der Waals surface area contributed by atoms with Crippen LogP contribution in [0.5, 0.6) is 0 Å². The van der Waals surface area contributed by atoms with Crippen molar-refractivity contribution < 1.29 is 0 Å². The SMILES string of the molecule is Cl.ClC1CN(c2ccccc2)CCN1. The fourth-order valence-corrected chi connectivity index (χ4v) is 1.85. The van der Waals surface area contributed by atoms with Gasteiger partial charge in [0.05, 0.1) is 0 Å². The Balaban J connectivity index is 0.000000980. The lowest BCUT2D eigenvalue weighted by molar-refractivity contribution is 0.552. The van der Waals surface area contributed by atoms with E-state index in [1.54, 1.807) is 0 Å². The van der Waals surface area contributed by atoms with E-state index in [1.165, 1.54) is 5.69 Å². The molecule has 4 heteroatoms. The molecule has 1 aromatic carbocycles. The molecule has 1 unspecified atom stereocenters. The second kappa shape index (κ2) is 5.44. The molecule has 1 atom stereocenters. The van der Waals surface area contributed by atoms with Crippen LogP contribution in [0.2, 0.25) is 0 Å². The van der Waals surface area contributed by atoms with E-state index in [4.69, 9.17) is 11.6 Å². The summed E-state index contributed by atoms with van der Waals surface area (Å²) in [7, 11) is 0. The van der Waals surface area contributed by atoms with Crippen molar-refractivity contribution in [3.63, 3.8) is 0 Å². The highest BCUT2D eigenvalue weighted by atomic mass is 35.5. The first-order valence-electron chi connectivity index (χ1n) is 4.54. The third-order valence-electron chi connectivity index (χ3n) is 2.25. The van der Waals surface area contributed by atoms with Crippen LogP contribution in [-0.4, -0.2) is 25.1 Å². The van der Waals surface area contributed by atoms with Gasteiger partial charge in [0.1, 0.15) is 5.50 Å². The minimum atomic E-state index is 0. The smallest absolute Gasteiger partial charge is 0.100 e. The lowest BCUT2D eigenvalue weighted by Crippen LogP contribution is -2.48. The molecule has 1 aliphatic heterocycles. The highest BCUT2D eigenvalue weighted by molar-refractivity contribution is 6.20.